The van der Waals surface area contributed by atoms with E-state index in [1.54, 1.807) is 0 Å². The third kappa shape index (κ3) is 6.65. The standard InChI is InChI=1S/C14H25F3N2O2/c1-3-11-4-6-13(21,7-5-11)8-18-10(2)12(20)19-9-14(15,16)17/h10-11,18,21H,3-9H2,1-2H3,(H,19,20). The Kier molecular flexibility index (Phi) is 6.46. The molecule has 0 aromatic heterocycles. The molecule has 1 aliphatic carbocycles. The largest absolute Gasteiger partial charge is 0.405 e. The first-order valence-corrected chi connectivity index (χ1v) is 7.45. The van der Waals surface area contributed by atoms with Crippen LogP contribution in [0.25, 0.3) is 0 Å². The normalized spacial score (nSPS) is 28.2. The van der Waals surface area contributed by atoms with Gasteiger partial charge in [-0.3, -0.25) is 4.79 Å². The van der Waals surface area contributed by atoms with Crippen LogP contribution in [0.5, 0.6) is 0 Å². The molecule has 1 saturated carbocycles. The SMILES string of the molecule is CCC1CCC(O)(CNC(C)C(=O)NCC(F)(F)F)CC1. The summed E-state index contributed by atoms with van der Waals surface area (Å²) in [5.41, 5.74) is -0.857. The molecule has 0 bridgehead atoms. The Morgan fingerprint density at radius 1 is 1.38 bits per heavy atom. The van der Waals surface area contributed by atoms with Crippen molar-refractivity contribution >= 4 is 5.91 Å². The van der Waals surface area contributed by atoms with Crippen LogP contribution in [0.3, 0.4) is 0 Å². The van der Waals surface area contributed by atoms with Crippen molar-refractivity contribution < 1.29 is 23.1 Å². The smallest absolute Gasteiger partial charge is 0.389 e. The molecule has 7 heteroatoms. The van der Waals surface area contributed by atoms with Crippen LogP contribution in [0, 0.1) is 5.92 Å². The number of hydrogen-bond acceptors (Lipinski definition) is 3. The molecular formula is C14H25F3N2O2. The molecule has 0 saturated heterocycles. The fourth-order valence-corrected chi connectivity index (χ4v) is 2.58. The number of aliphatic hydroxyl groups is 1. The Morgan fingerprint density at radius 2 is 1.95 bits per heavy atom. The summed E-state index contributed by atoms with van der Waals surface area (Å²) in [5, 5.41) is 15.1. The van der Waals surface area contributed by atoms with Crippen LogP contribution in [0.4, 0.5) is 13.2 Å². The Hall–Kier alpha value is -0.820. The average molecular weight is 310 g/mol. The van der Waals surface area contributed by atoms with Crippen LogP contribution in [0.15, 0.2) is 0 Å². The summed E-state index contributed by atoms with van der Waals surface area (Å²) >= 11 is 0. The van der Waals surface area contributed by atoms with Gasteiger partial charge in [0.1, 0.15) is 6.54 Å². The maximum absolute atomic E-state index is 12.0. The van der Waals surface area contributed by atoms with Crippen molar-refractivity contribution in [2.75, 3.05) is 13.1 Å². The number of carbonyl (C=O) groups excluding carboxylic acids is 1. The first kappa shape index (κ1) is 18.2. The monoisotopic (exact) mass is 310 g/mol. The van der Waals surface area contributed by atoms with Gasteiger partial charge in [-0.25, -0.2) is 0 Å². The minimum Gasteiger partial charge on any atom is -0.389 e. The van der Waals surface area contributed by atoms with E-state index >= 15 is 0 Å². The van der Waals surface area contributed by atoms with Crippen molar-refractivity contribution in [3.8, 4) is 0 Å². The van der Waals surface area contributed by atoms with Gasteiger partial charge in [0.2, 0.25) is 5.91 Å². The lowest BCUT2D eigenvalue weighted by atomic mass is 9.78. The van der Waals surface area contributed by atoms with Gasteiger partial charge in [0.05, 0.1) is 11.6 Å². The van der Waals surface area contributed by atoms with Crippen molar-refractivity contribution in [1.82, 2.24) is 10.6 Å². The Bertz CT molecular complexity index is 340. The molecule has 0 aromatic rings. The average Bonchev–Trinajstić information content (AvgIpc) is 2.42. The molecule has 4 nitrogen and oxygen atoms in total. The highest BCUT2D eigenvalue weighted by Crippen LogP contribution is 2.33. The Morgan fingerprint density at radius 3 is 2.43 bits per heavy atom. The predicted molar refractivity (Wildman–Crippen MR) is 73.7 cm³/mol. The van der Waals surface area contributed by atoms with Gasteiger partial charge < -0.3 is 15.7 Å². The number of amides is 1. The summed E-state index contributed by atoms with van der Waals surface area (Å²) in [4.78, 5) is 11.5. The molecule has 1 amide bonds. The first-order valence-electron chi connectivity index (χ1n) is 7.45. The third-order valence-electron chi connectivity index (χ3n) is 4.21. The lowest BCUT2D eigenvalue weighted by Gasteiger charge is -2.36. The van der Waals surface area contributed by atoms with E-state index in [4.69, 9.17) is 0 Å². The molecule has 0 aliphatic heterocycles. The topological polar surface area (TPSA) is 61.4 Å². The molecule has 3 N–H and O–H groups in total. The lowest BCUT2D eigenvalue weighted by molar-refractivity contribution is -0.139. The second kappa shape index (κ2) is 7.45. The van der Waals surface area contributed by atoms with E-state index in [1.807, 2.05) is 5.32 Å². The van der Waals surface area contributed by atoms with Gasteiger partial charge in [0.15, 0.2) is 0 Å². The summed E-state index contributed by atoms with van der Waals surface area (Å²) < 4.78 is 36.0. The Labute approximate surface area is 123 Å². The van der Waals surface area contributed by atoms with Crippen LogP contribution >= 0.6 is 0 Å². The maximum Gasteiger partial charge on any atom is 0.405 e. The molecule has 1 aliphatic rings. The van der Waals surface area contributed by atoms with E-state index in [1.165, 1.54) is 6.92 Å². The van der Waals surface area contributed by atoms with Gasteiger partial charge in [0.25, 0.3) is 0 Å². The molecule has 21 heavy (non-hydrogen) atoms. The number of carbonyl (C=O) groups is 1. The zero-order valence-corrected chi connectivity index (χ0v) is 12.6. The first-order chi connectivity index (χ1) is 9.65. The zero-order valence-electron chi connectivity index (χ0n) is 12.6. The van der Waals surface area contributed by atoms with Crippen LogP contribution in [0.1, 0.15) is 46.0 Å². The molecule has 1 fully saturated rings. The molecule has 0 spiro atoms. The fraction of sp³-hybridized carbons (Fsp3) is 0.929. The van der Waals surface area contributed by atoms with E-state index in [0.717, 1.165) is 19.3 Å². The zero-order chi connectivity index (χ0) is 16.1. The summed E-state index contributed by atoms with van der Waals surface area (Å²) in [6.07, 6.45) is -0.0939. The van der Waals surface area contributed by atoms with Gasteiger partial charge in [-0.2, -0.15) is 13.2 Å². The molecule has 1 rings (SSSR count). The fourth-order valence-electron chi connectivity index (χ4n) is 2.58. The molecular weight excluding hydrogens is 285 g/mol. The summed E-state index contributed by atoms with van der Waals surface area (Å²) in [6, 6.07) is -0.764. The predicted octanol–water partition coefficient (Wildman–Crippen LogP) is 1.97. The number of halogens is 3. The highest BCUT2D eigenvalue weighted by atomic mass is 19.4. The van der Waals surface area contributed by atoms with E-state index in [-0.39, 0.29) is 6.54 Å². The second-order valence-electron chi connectivity index (χ2n) is 6.01. The highest BCUT2D eigenvalue weighted by Gasteiger charge is 2.33. The van der Waals surface area contributed by atoms with Gasteiger partial charge >= 0.3 is 6.18 Å². The quantitative estimate of drug-likeness (QED) is 0.703. The van der Waals surface area contributed by atoms with Crippen molar-refractivity contribution in [2.24, 2.45) is 5.92 Å². The molecule has 124 valence electrons. The number of rotatable bonds is 6. The van der Waals surface area contributed by atoms with E-state index in [2.05, 4.69) is 12.2 Å². The van der Waals surface area contributed by atoms with E-state index in [0.29, 0.717) is 18.8 Å². The Balaban J connectivity index is 2.32. The number of hydrogen-bond donors (Lipinski definition) is 3. The number of nitrogens with one attached hydrogen (secondary N) is 2. The molecule has 1 atom stereocenters. The van der Waals surface area contributed by atoms with Gasteiger partial charge in [-0.05, 0) is 38.5 Å². The minimum atomic E-state index is -4.41. The van der Waals surface area contributed by atoms with Gasteiger partial charge in [-0.15, -0.1) is 0 Å². The summed E-state index contributed by atoms with van der Waals surface area (Å²) in [5.74, 6) is -0.0732. The second-order valence-corrected chi connectivity index (χ2v) is 6.01. The van der Waals surface area contributed by atoms with E-state index in [9.17, 15) is 23.1 Å². The highest BCUT2D eigenvalue weighted by molar-refractivity contribution is 5.81. The van der Waals surface area contributed by atoms with Gasteiger partial charge in [-0.1, -0.05) is 13.3 Å². The van der Waals surface area contributed by atoms with Crippen LogP contribution in [0.2, 0.25) is 0 Å². The maximum atomic E-state index is 12.0. The molecule has 0 heterocycles. The van der Waals surface area contributed by atoms with Crippen molar-refractivity contribution in [1.29, 1.82) is 0 Å². The van der Waals surface area contributed by atoms with Crippen LogP contribution < -0.4 is 10.6 Å². The van der Waals surface area contributed by atoms with Gasteiger partial charge in [0, 0.05) is 6.54 Å². The lowest BCUT2D eigenvalue weighted by Crippen LogP contribution is -2.51. The van der Waals surface area contributed by atoms with Crippen molar-refractivity contribution in [3.63, 3.8) is 0 Å². The van der Waals surface area contributed by atoms with Crippen LogP contribution in [-0.2, 0) is 4.79 Å². The number of alkyl halides is 3. The van der Waals surface area contributed by atoms with Crippen LogP contribution in [-0.4, -0.2) is 41.9 Å². The molecule has 1 unspecified atom stereocenters. The summed E-state index contributed by atoms with van der Waals surface area (Å²) in [7, 11) is 0. The third-order valence-corrected chi connectivity index (χ3v) is 4.21. The summed E-state index contributed by atoms with van der Waals surface area (Å²) in [6.45, 7) is 2.51. The van der Waals surface area contributed by atoms with Crippen molar-refractivity contribution in [2.45, 2.75) is 63.8 Å². The minimum absolute atomic E-state index is 0.226. The van der Waals surface area contributed by atoms with E-state index < -0.39 is 30.3 Å². The molecule has 0 aromatic carbocycles. The molecule has 0 radical (unpaired) electrons. The van der Waals surface area contributed by atoms with Crippen molar-refractivity contribution in [3.05, 3.63) is 0 Å².